The minimum absolute atomic E-state index is 0.0693. The fraction of sp³-hybridized carbons (Fsp3) is 0.478. The summed E-state index contributed by atoms with van der Waals surface area (Å²) in [6, 6.07) is 11.0. The van der Waals surface area contributed by atoms with Crippen LogP contribution in [0.4, 0.5) is 17.6 Å². The quantitative estimate of drug-likeness (QED) is 0.131. The Morgan fingerprint density at radius 3 is 2.29 bits per heavy atom. The second-order valence-electron chi connectivity index (χ2n) is 17.2. The highest BCUT2D eigenvalue weighted by molar-refractivity contribution is 6.31. The Morgan fingerprint density at radius 1 is 0.923 bits per heavy atom. The molecule has 4 heterocycles. The van der Waals surface area contributed by atoms with Crippen molar-refractivity contribution in [3.63, 3.8) is 0 Å². The number of methoxy groups -OCH3 is 1. The molecular formula is C46H53Cl2F4N7O6. The lowest BCUT2D eigenvalue weighted by molar-refractivity contribution is -0.166. The van der Waals surface area contributed by atoms with Crippen molar-refractivity contribution in [1.82, 2.24) is 34.1 Å². The summed E-state index contributed by atoms with van der Waals surface area (Å²) in [6.07, 6.45) is -3.85. The third-order valence-electron chi connectivity index (χ3n) is 12.2. The number of nitrogens with zero attached hydrogens (tertiary/aromatic N) is 7. The van der Waals surface area contributed by atoms with Gasteiger partial charge in [0, 0.05) is 62.7 Å². The minimum atomic E-state index is -4.87. The van der Waals surface area contributed by atoms with E-state index in [1.165, 1.54) is 36.1 Å². The molecule has 2 aliphatic rings. The molecule has 2 aromatic heterocycles. The van der Waals surface area contributed by atoms with Gasteiger partial charge in [0.1, 0.15) is 23.1 Å². The van der Waals surface area contributed by atoms with Crippen molar-refractivity contribution < 1.29 is 46.2 Å². The van der Waals surface area contributed by atoms with Gasteiger partial charge in [0.25, 0.3) is 0 Å². The number of carbonyl (C=O) groups excluding carboxylic acids is 4. The van der Waals surface area contributed by atoms with E-state index >= 15 is 4.39 Å². The number of ketones is 1. The van der Waals surface area contributed by atoms with Crippen molar-refractivity contribution in [2.75, 3.05) is 47.9 Å². The number of piperidine rings is 1. The molecule has 0 N–H and O–H groups in total. The Labute approximate surface area is 385 Å². The molecule has 0 aliphatic carbocycles. The maximum absolute atomic E-state index is 16.2. The Morgan fingerprint density at radius 2 is 1.65 bits per heavy atom. The van der Waals surface area contributed by atoms with Crippen molar-refractivity contribution in [2.45, 2.75) is 76.3 Å². The van der Waals surface area contributed by atoms with Gasteiger partial charge in [0.15, 0.2) is 5.78 Å². The van der Waals surface area contributed by atoms with Crippen molar-refractivity contribution in [2.24, 2.45) is 18.9 Å². The number of likely N-dealkylation sites (N-methyl/N-ethyl adjacent to an activating group) is 1. The van der Waals surface area contributed by atoms with Crippen LogP contribution in [0.2, 0.25) is 10.0 Å². The molecular weight excluding hydrogens is 893 g/mol. The predicted molar refractivity (Wildman–Crippen MR) is 236 cm³/mol. The number of rotatable bonds is 12. The number of hydrogen-bond donors (Lipinski definition) is 0. The Hall–Kier alpha value is -5.10. The lowest BCUT2D eigenvalue weighted by Crippen LogP contribution is -2.63. The summed E-state index contributed by atoms with van der Waals surface area (Å²) >= 11 is 12.5. The molecule has 65 heavy (non-hydrogen) atoms. The van der Waals surface area contributed by atoms with Crippen molar-refractivity contribution in [1.29, 1.82) is 0 Å². The SMILES string of the molecule is COC[C@@H]1CC(=O)[C@H](C)N(Cc2c(F)cc(Cl)cc2Oc2ccc(-c3cnc(CN(C)C)n3C)nc2)C(=O)C[C@@H](CC(F)(F)F)C(=O)N2CCC[C@@](Cc3ccc(Cl)cc3)(C2)N(C)C1=O. The fourth-order valence-corrected chi connectivity index (χ4v) is 9.04. The van der Waals surface area contributed by atoms with Crippen LogP contribution in [0.1, 0.15) is 56.0 Å². The third kappa shape index (κ3) is 11.8. The van der Waals surface area contributed by atoms with E-state index in [9.17, 15) is 32.3 Å². The first kappa shape index (κ1) is 49.3. The van der Waals surface area contributed by atoms with E-state index in [1.807, 2.05) is 30.6 Å². The number of carbonyl (C=O) groups is 4. The van der Waals surface area contributed by atoms with Crippen molar-refractivity contribution >= 4 is 46.7 Å². The average Bonchev–Trinajstić information content (AvgIpc) is 3.60. The summed E-state index contributed by atoms with van der Waals surface area (Å²) < 4.78 is 72.7. The summed E-state index contributed by atoms with van der Waals surface area (Å²) in [6.45, 7) is 1.03. The van der Waals surface area contributed by atoms with Gasteiger partial charge in [0.05, 0.1) is 73.3 Å². The summed E-state index contributed by atoms with van der Waals surface area (Å²) in [5, 5.41) is 0.407. The molecule has 0 spiro atoms. The molecule has 350 valence electrons. The van der Waals surface area contributed by atoms with Crippen LogP contribution in [0.5, 0.6) is 11.5 Å². The van der Waals surface area contributed by atoms with Crippen LogP contribution < -0.4 is 4.74 Å². The molecule has 6 rings (SSSR count). The number of pyridine rings is 1. The molecule has 2 aromatic carbocycles. The molecule has 19 heteroatoms. The van der Waals surface area contributed by atoms with Crippen LogP contribution in [-0.4, -0.2) is 123 Å². The van der Waals surface area contributed by atoms with E-state index in [2.05, 4.69) is 9.97 Å². The van der Waals surface area contributed by atoms with Crippen LogP contribution in [-0.2, 0) is 50.5 Å². The predicted octanol–water partition coefficient (Wildman–Crippen LogP) is 7.76. The number of alkyl halides is 3. The monoisotopic (exact) mass is 945 g/mol. The second-order valence-corrected chi connectivity index (χ2v) is 18.1. The molecule has 2 bridgehead atoms. The maximum atomic E-state index is 16.2. The summed E-state index contributed by atoms with van der Waals surface area (Å²) in [5.41, 5.74) is 0.700. The fourth-order valence-electron chi connectivity index (χ4n) is 8.72. The molecule has 0 radical (unpaired) electrons. The zero-order valence-electron chi connectivity index (χ0n) is 37.1. The average molecular weight is 947 g/mol. The van der Waals surface area contributed by atoms with E-state index in [0.29, 0.717) is 30.1 Å². The van der Waals surface area contributed by atoms with Gasteiger partial charge in [-0.05, 0) is 82.2 Å². The lowest BCUT2D eigenvalue weighted by atomic mass is 9.80. The van der Waals surface area contributed by atoms with Gasteiger partial charge in [-0.3, -0.25) is 24.2 Å². The van der Waals surface area contributed by atoms with Gasteiger partial charge in [0.2, 0.25) is 17.7 Å². The Balaban J connectivity index is 1.37. The van der Waals surface area contributed by atoms with E-state index in [4.69, 9.17) is 32.7 Å². The maximum Gasteiger partial charge on any atom is 0.389 e. The molecule has 4 aromatic rings. The lowest BCUT2D eigenvalue weighted by Gasteiger charge is -2.50. The Bertz CT molecular complexity index is 2360. The number of aromatic nitrogens is 3. The molecule has 0 unspecified atom stereocenters. The minimum Gasteiger partial charge on any atom is -0.455 e. The van der Waals surface area contributed by atoms with Gasteiger partial charge >= 0.3 is 6.18 Å². The van der Waals surface area contributed by atoms with E-state index in [0.717, 1.165) is 28.0 Å². The van der Waals surface area contributed by atoms with Crippen LogP contribution in [0.3, 0.4) is 0 Å². The summed E-state index contributed by atoms with van der Waals surface area (Å²) in [7, 11) is 8.65. The highest BCUT2D eigenvalue weighted by Crippen LogP contribution is 2.38. The van der Waals surface area contributed by atoms with Crippen molar-refractivity contribution in [3.05, 3.63) is 93.7 Å². The van der Waals surface area contributed by atoms with Crippen LogP contribution >= 0.6 is 23.2 Å². The second kappa shape index (κ2) is 20.6. The largest absolute Gasteiger partial charge is 0.455 e. The summed E-state index contributed by atoms with van der Waals surface area (Å²) in [5.74, 6) is -6.18. The number of hydrogen-bond acceptors (Lipinski definition) is 9. The zero-order valence-corrected chi connectivity index (χ0v) is 38.6. The number of fused-ring (bicyclic) bond motifs is 2. The van der Waals surface area contributed by atoms with E-state index < -0.39 is 84.7 Å². The molecule has 4 atom stereocenters. The first-order valence-electron chi connectivity index (χ1n) is 21.1. The number of ether oxygens (including phenoxy) is 2. The van der Waals surface area contributed by atoms with Gasteiger partial charge in [-0.25, -0.2) is 9.37 Å². The zero-order chi connectivity index (χ0) is 47.4. The highest BCUT2D eigenvalue weighted by Gasteiger charge is 2.48. The van der Waals surface area contributed by atoms with E-state index in [1.54, 1.807) is 49.6 Å². The summed E-state index contributed by atoms with van der Waals surface area (Å²) in [4.78, 5) is 72.6. The van der Waals surface area contributed by atoms with Crippen molar-refractivity contribution in [3.8, 4) is 22.9 Å². The normalized spacial score (nSPS) is 21.6. The standard InChI is InChI=1S/C46H53Cl2F4N7O6/c1-28-39(60)16-31(26-64-6)43(62)57(5)45(20-29-8-10-32(47)11-9-29)14-7-15-58(27-45)44(63)30(21-46(50,51)52)17-42(61)59(28)24-35-36(49)18-33(48)19-40(35)65-34-12-13-37(53-22-34)38-23-54-41(56(38)4)25-55(2)3/h8-13,18-19,22-23,28,30-31H,7,14-17,20-21,24-27H2,1-6H3/t28-,30-,31-,45+/m0/s1. The first-order chi connectivity index (χ1) is 30.7. The van der Waals surface area contributed by atoms with Crippen LogP contribution in [0, 0.1) is 17.7 Å². The van der Waals surface area contributed by atoms with Gasteiger partial charge in [-0.2, -0.15) is 13.2 Å². The highest BCUT2D eigenvalue weighted by atomic mass is 35.5. The molecule has 13 nitrogen and oxygen atoms in total. The molecule has 2 fully saturated rings. The number of Topliss-reactive ketones (excluding diaryl/α,β-unsaturated/α-hetero) is 1. The van der Waals surface area contributed by atoms with Crippen LogP contribution in [0.25, 0.3) is 11.4 Å². The Kier molecular flexibility index (Phi) is 15.6. The van der Waals surface area contributed by atoms with Crippen LogP contribution in [0.15, 0.2) is 60.9 Å². The smallest absolute Gasteiger partial charge is 0.389 e. The number of benzene rings is 2. The molecule has 2 saturated heterocycles. The van der Waals surface area contributed by atoms with Gasteiger partial charge in [-0.1, -0.05) is 35.3 Å². The number of amides is 3. The van der Waals surface area contributed by atoms with E-state index in [-0.39, 0.29) is 48.2 Å². The van der Waals surface area contributed by atoms with Gasteiger partial charge < -0.3 is 33.6 Å². The number of halogens is 6. The first-order valence-corrected chi connectivity index (χ1v) is 21.9. The molecule has 2 aliphatic heterocycles. The third-order valence-corrected chi connectivity index (χ3v) is 12.7. The molecule has 3 amide bonds. The van der Waals surface area contributed by atoms with Gasteiger partial charge in [-0.15, -0.1) is 0 Å². The number of imidazole rings is 1. The topological polar surface area (TPSA) is 130 Å². The molecule has 0 saturated carbocycles.